The minimum absolute atomic E-state index is 0.319. The molecule has 2 atom stereocenters. The van der Waals surface area contributed by atoms with Crippen LogP contribution in [0.1, 0.15) is 45.4 Å². The molecule has 2 unspecified atom stereocenters. The predicted molar refractivity (Wildman–Crippen MR) is 75.7 cm³/mol. The number of rotatable bonds is 4. The molecule has 3 aliphatic rings. The Hall–Kier alpha value is -0.610. The lowest BCUT2D eigenvalue weighted by Crippen LogP contribution is -2.48. The minimum Gasteiger partial charge on any atom is -0.324 e. The van der Waals surface area contributed by atoms with E-state index in [-0.39, 0.29) is 0 Å². The van der Waals surface area contributed by atoms with E-state index in [0.29, 0.717) is 30.6 Å². The summed E-state index contributed by atoms with van der Waals surface area (Å²) >= 11 is 0. The molecular weight excluding hydrogens is 238 g/mol. The highest BCUT2D eigenvalue weighted by molar-refractivity contribution is 5.80. The van der Waals surface area contributed by atoms with Crippen molar-refractivity contribution in [3.05, 3.63) is 0 Å². The van der Waals surface area contributed by atoms with Gasteiger partial charge in [0.1, 0.15) is 0 Å². The Balaban J connectivity index is 1.64. The number of carbonyl (C=O) groups excluding carboxylic acids is 1. The third-order valence-corrected chi connectivity index (χ3v) is 5.28. The number of likely N-dealkylation sites (tertiary alicyclic amines) is 1. The molecule has 4 heteroatoms. The molecule has 2 aliphatic heterocycles. The highest BCUT2D eigenvalue weighted by Gasteiger charge is 2.39. The van der Waals surface area contributed by atoms with Gasteiger partial charge < -0.3 is 4.90 Å². The topological polar surface area (TPSA) is 35.6 Å². The van der Waals surface area contributed by atoms with Crippen molar-refractivity contribution >= 4 is 5.91 Å². The van der Waals surface area contributed by atoms with Gasteiger partial charge >= 0.3 is 0 Å². The van der Waals surface area contributed by atoms with Crippen molar-refractivity contribution in [2.45, 2.75) is 57.7 Å². The third-order valence-electron chi connectivity index (χ3n) is 5.28. The highest BCUT2D eigenvalue weighted by atomic mass is 16.2. The first-order chi connectivity index (χ1) is 9.29. The first-order valence-corrected chi connectivity index (χ1v) is 8.06. The van der Waals surface area contributed by atoms with Crippen molar-refractivity contribution in [2.75, 3.05) is 26.2 Å². The lowest BCUT2D eigenvalue weighted by Gasteiger charge is -2.33. The van der Waals surface area contributed by atoms with Crippen molar-refractivity contribution in [2.24, 2.45) is 5.92 Å². The van der Waals surface area contributed by atoms with Crippen LogP contribution >= 0.6 is 0 Å². The Morgan fingerprint density at radius 1 is 1.21 bits per heavy atom. The largest absolute Gasteiger partial charge is 0.324 e. The second-order valence-electron chi connectivity index (χ2n) is 6.34. The SMILES string of the molecule is CCN1CCCC1CN1C(=O)CNC1C1CCCC1. The van der Waals surface area contributed by atoms with Gasteiger partial charge in [0.05, 0.1) is 12.7 Å². The fourth-order valence-corrected chi connectivity index (χ4v) is 4.21. The Kier molecular flexibility index (Phi) is 4.08. The number of hydrogen-bond acceptors (Lipinski definition) is 3. The van der Waals surface area contributed by atoms with E-state index in [4.69, 9.17) is 0 Å². The van der Waals surface area contributed by atoms with E-state index in [9.17, 15) is 4.79 Å². The molecule has 108 valence electrons. The van der Waals surface area contributed by atoms with Crippen LogP contribution in [0.15, 0.2) is 0 Å². The van der Waals surface area contributed by atoms with E-state index >= 15 is 0 Å². The lowest BCUT2D eigenvalue weighted by molar-refractivity contribution is -0.129. The van der Waals surface area contributed by atoms with Gasteiger partial charge in [-0.05, 0) is 44.7 Å². The van der Waals surface area contributed by atoms with Gasteiger partial charge in [0.2, 0.25) is 5.91 Å². The van der Waals surface area contributed by atoms with Crippen molar-refractivity contribution in [3.63, 3.8) is 0 Å². The monoisotopic (exact) mass is 265 g/mol. The molecule has 0 aromatic heterocycles. The second-order valence-corrected chi connectivity index (χ2v) is 6.34. The smallest absolute Gasteiger partial charge is 0.237 e. The lowest BCUT2D eigenvalue weighted by atomic mass is 10.0. The summed E-state index contributed by atoms with van der Waals surface area (Å²) in [6.07, 6.45) is 8.16. The summed E-state index contributed by atoms with van der Waals surface area (Å²) in [6, 6.07) is 0.595. The fraction of sp³-hybridized carbons (Fsp3) is 0.933. The summed E-state index contributed by atoms with van der Waals surface area (Å²) in [6.45, 7) is 6.07. The molecule has 0 radical (unpaired) electrons. The second kappa shape index (κ2) is 5.80. The molecule has 3 rings (SSSR count). The third kappa shape index (κ3) is 2.65. The van der Waals surface area contributed by atoms with Crippen molar-refractivity contribution in [1.82, 2.24) is 15.1 Å². The molecule has 3 fully saturated rings. The van der Waals surface area contributed by atoms with Crippen LogP contribution in [0, 0.1) is 5.92 Å². The first-order valence-electron chi connectivity index (χ1n) is 8.06. The Morgan fingerprint density at radius 2 is 2.00 bits per heavy atom. The van der Waals surface area contributed by atoms with Crippen molar-refractivity contribution in [3.8, 4) is 0 Å². The zero-order chi connectivity index (χ0) is 13.2. The van der Waals surface area contributed by atoms with Crippen LogP contribution in [0.4, 0.5) is 0 Å². The molecule has 0 aromatic carbocycles. The molecule has 1 amide bonds. The standard InChI is InChI=1S/C15H27N3O/c1-2-17-9-5-8-13(17)11-18-14(19)10-16-15(18)12-6-3-4-7-12/h12-13,15-16H,2-11H2,1H3. The molecule has 0 bridgehead atoms. The van der Waals surface area contributed by atoms with Gasteiger partial charge in [-0.3, -0.25) is 15.0 Å². The quantitative estimate of drug-likeness (QED) is 0.835. The molecule has 1 aliphatic carbocycles. The average molecular weight is 265 g/mol. The van der Waals surface area contributed by atoms with E-state index in [1.807, 2.05) is 0 Å². The van der Waals surface area contributed by atoms with E-state index in [2.05, 4.69) is 22.0 Å². The summed E-state index contributed by atoms with van der Waals surface area (Å²) in [5.74, 6) is 1.02. The van der Waals surface area contributed by atoms with Gasteiger partial charge in [0.25, 0.3) is 0 Å². The molecule has 2 heterocycles. The summed E-state index contributed by atoms with van der Waals surface area (Å²) < 4.78 is 0. The maximum absolute atomic E-state index is 12.2. The van der Waals surface area contributed by atoms with Crippen LogP contribution in [0.5, 0.6) is 0 Å². The zero-order valence-electron chi connectivity index (χ0n) is 12.1. The number of amides is 1. The maximum atomic E-state index is 12.2. The predicted octanol–water partition coefficient (Wildman–Crippen LogP) is 1.42. The van der Waals surface area contributed by atoms with Crippen LogP contribution in [-0.2, 0) is 4.79 Å². The van der Waals surface area contributed by atoms with E-state index in [0.717, 1.165) is 13.1 Å². The van der Waals surface area contributed by atoms with Gasteiger partial charge in [0, 0.05) is 12.6 Å². The maximum Gasteiger partial charge on any atom is 0.237 e. The molecule has 0 spiro atoms. The van der Waals surface area contributed by atoms with Crippen molar-refractivity contribution in [1.29, 1.82) is 0 Å². The Bertz CT molecular complexity index is 327. The van der Waals surface area contributed by atoms with Crippen LogP contribution in [0.3, 0.4) is 0 Å². The first kappa shape index (κ1) is 13.4. The number of likely N-dealkylation sites (N-methyl/N-ethyl adjacent to an activating group) is 1. The average Bonchev–Trinajstić information content (AvgIpc) is 3.12. The normalized spacial score (nSPS) is 33.7. The van der Waals surface area contributed by atoms with Gasteiger partial charge in [-0.2, -0.15) is 0 Å². The van der Waals surface area contributed by atoms with Crippen molar-refractivity contribution < 1.29 is 4.79 Å². The molecule has 19 heavy (non-hydrogen) atoms. The van der Waals surface area contributed by atoms with Gasteiger partial charge in [-0.15, -0.1) is 0 Å². The van der Waals surface area contributed by atoms with Gasteiger partial charge in [-0.25, -0.2) is 0 Å². The van der Waals surface area contributed by atoms with E-state index in [1.165, 1.54) is 45.1 Å². The minimum atomic E-state index is 0.319. The summed E-state index contributed by atoms with van der Waals surface area (Å²) in [5.41, 5.74) is 0. The molecule has 1 saturated carbocycles. The number of carbonyl (C=O) groups is 1. The van der Waals surface area contributed by atoms with Crippen LogP contribution in [0.25, 0.3) is 0 Å². The Morgan fingerprint density at radius 3 is 2.74 bits per heavy atom. The number of nitrogens with zero attached hydrogens (tertiary/aromatic N) is 2. The zero-order valence-corrected chi connectivity index (χ0v) is 12.1. The number of hydrogen-bond donors (Lipinski definition) is 1. The van der Waals surface area contributed by atoms with Gasteiger partial charge in [-0.1, -0.05) is 19.8 Å². The molecule has 4 nitrogen and oxygen atoms in total. The fourth-order valence-electron chi connectivity index (χ4n) is 4.21. The molecule has 0 aromatic rings. The summed E-state index contributed by atoms with van der Waals surface area (Å²) in [4.78, 5) is 16.9. The molecular formula is C15H27N3O. The van der Waals surface area contributed by atoms with Crippen LogP contribution in [0.2, 0.25) is 0 Å². The number of nitrogens with one attached hydrogen (secondary N) is 1. The summed E-state index contributed by atoms with van der Waals surface area (Å²) in [7, 11) is 0. The molecule has 2 saturated heterocycles. The molecule has 1 N–H and O–H groups in total. The van der Waals surface area contributed by atoms with Crippen LogP contribution in [-0.4, -0.2) is 54.1 Å². The van der Waals surface area contributed by atoms with E-state index in [1.54, 1.807) is 0 Å². The van der Waals surface area contributed by atoms with E-state index < -0.39 is 0 Å². The van der Waals surface area contributed by atoms with Crippen LogP contribution < -0.4 is 5.32 Å². The highest BCUT2D eigenvalue weighted by Crippen LogP contribution is 2.31. The van der Waals surface area contributed by atoms with Gasteiger partial charge in [0.15, 0.2) is 0 Å². The summed E-state index contributed by atoms with van der Waals surface area (Å²) in [5, 5.41) is 3.46. The Labute approximate surface area is 116 Å².